The number of hydrogen-bond donors (Lipinski definition) is 0. The lowest BCUT2D eigenvalue weighted by Crippen LogP contribution is -2.33. The largest absolute Gasteiger partial charge is 0.480 e. The van der Waals surface area contributed by atoms with Gasteiger partial charge in [0.05, 0.1) is 7.11 Å². The van der Waals surface area contributed by atoms with Gasteiger partial charge in [-0.1, -0.05) is 18.2 Å². The van der Waals surface area contributed by atoms with Crippen molar-refractivity contribution in [2.45, 2.75) is 11.7 Å². The Kier molecular flexibility index (Phi) is 5.35. The average Bonchev–Trinajstić information content (AvgIpc) is 2.87. The summed E-state index contributed by atoms with van der Waals surface area (Å²) in [6.07, 6.45) is 2.32. The zero-order valence-electron chi connectivity index (χ0n) is 13.4. The number of benzene rings is 1. The molecule has 1 fully saturated rings. The molecule has 2 heterocycles. The minimum atomic E-state index is -0.177. The van der Waals surface area contributed by atoms with Gasteiger partial charge in [-0.3, -0.25) is 4.79 Å². The zero-order chi connectivity index (χ0) is 16.9. The van der Waals surface area contributed by atoms with E-state index in [1.54, 1.807) is 41.1 Å². The minimum Gasteiger partial charge on any atom is -0.480 e. The summed E-state index contributed by atoms with van der Waals surface area (Å²) in [6, 6.07) is 10.3. The highest BCUT2D eigenvalue weighted by Crippen LogP contribution is 2.36. The molecule has 1 aliphatic heterocycles. The fraction of sp³-hybridized carbons (Fsp3) is 0.333. The summed E-state index contributed by atoms with van der Waals surface area (Å²) < 4.78 is 19.2. The number of nitrogens with zero attached hydrogens (tertiary/aromatic N) is 2. The third-order valence-electron chi connectivity index (χ3n) is 4.08. The number of aromatic nitrogens is 1. The fourth-order valence-corrected chi connectivity index (χ4v) is 4.10. The molecule has 6 heteroatoms. The summed E-state index contributed by atoms with van der Waals surface area (Å²) in [5.74, 6) is 0.844. The van der Waals surface area contributed by atoms with Crippen LogP contribution in [0.25, 0.3) is 0 Å². The third-order valence-corrected chi connectivity index (χ3v) is 5.39. The van der Waals surface area contributed by atoms with Crippen molar-refractivity contribution < 1.29 is 13.9 Å². The monoisotopic (exact) mass is 346 g/mol. The van der Waals surface area contributed by atoms with Crippen LogP contribution in [-0.2, 0) is 0 Å². The van der Waals surface area contributed by atoms with Crippen molar-refractivity contribution in [2.24, 2.45) is 0 Å². The second kappa shape index (κ2) is 7.66. The van der Waals surface area contributed by atoms with Gasteiger partial charge in [0.2, 0.25) is 5.88 Å². The zero-order valence-corrected chi connectivity index (χ0v) is 14.3. The van der Waals surface area contributed by atoms with Crippen LogP contribution in [0.4, 0.5) is 4.39 Å². The second-order valence-corrected chi connectivity index (χ2v) is 6.83. The van der Waals surface area contributed by atoms with E-state index in [2.05, 4.69) is 4.98 Å². The molecular weight excluding hydrogens is 327 g/mol. The predicted molar refractivity (Wildman–Crippen MR) is 92.9 cm³/mol. The summed E-state index contributed by atoms with van der Waals surface area (Å²) in [4.78, 5) is 18.7. The first kappa shape index (κ1) is 16.8. The van der Waals surface area contributed by atoms with E-state index in [1.165, 1.54) is 13.2 Å². The van der Waals surface area contributed by atoms with E-state index in [4.69, 9.17) is 4.74 Å². The van der Waals surface area contributed by atoms with Gasteiger partial charge in [0, 0.05) is 35.9 Å². The van der Waals surface area contributed by atoms with Crippen molar-refractivity contribution in [1.82, 2.24) is 9.88 Å². The van der Waals surface area contributed by atoms with Crippen molar-refractivity contribution in [3.8, 4) is 5.88 Å². The van der Waals surface area contributed by atoms with Crippen LogP contribution < -0.4 is 4.74 Å². The fourth-order valence-electron chi connectivity index (χ4n) is 2.84. The van der Waals surface area contributed by atoms with Gasteiger partial charge in [0.1, 0.15) is 11.4 Å². The van der Waals surface area contributed by atoms with E-state index < -0.39 is 0 Å². The molecule has 0 spiro atoms. The lowest BCUT2D eigenvalue weighted by atomic mass is 10.1. The topological polar surface area (TPSA) is 42.4 Å². The van der Waals surface area contributed by atoms with Crippen molar-refractivity contribution in [1.29, 1.82) is 0 Å². The molecule has 4 nitrogen and oxygen atoms in total. The molecule has 0 radical (unpaired) electrons. The van der Waals surface area contributed by atoms with Gasteiger partial charge in [0.25, 0.3) is 5.91 Å². The van der Waals surface area contributed by atoms with E-state index in [9.17, 15) is 9.18 Å². The summed E-state index contributed by atoms with van der Waals surface area (Å²) in [6.45, 7) is 1.22. The van der Waals surface area contributed by atoms with Crippen LogP contribution >= 0.6 is 11.8 Å². The van der Waals surface area contributed by atoms with Crippen LogP contribution in [0.2, 0.25) is 0 Å². The smallest absolute Gasteiger partial charge is 0.259 e. The molecular formula is C18H19FN2O2S. The standard InChI is InChI=1S/C18H19FN2O2S/c1-23-17-14(6-4-9-20-17)18(22)21-10-8-16(24-12-11-21)13-5-2-3-7-15(13)19/h2-7,9,16H,8,10-12H2,1H3/t16-/m1/s1. The lowest BCUT2D eigenvalue weighted by Gasteiger charge is -2.21. The molecule has 2 aromatic rings. The van der Waals surface area contributed by atoms with Crippen molar-refractivity contribution in [2.75, 3.05) is 26.0 Å². The van der Waals surface area contributed by atoms with Crippen molar-refractivity contribution >= 4 is 17.7 Å². The molecule has 1 aromatic heterocycles. The number of amides is 1. The molecule has 1 aliphatic rings. The Morgan fingerprint density at radius 3 is 2.92 bits per heavy atom. The molecule has 0 aliphatic carbocycles. The Morgan fingerprint density at radius 1 is 1.29 bits per heavy atom. The van der Waals surface area contributed by atoms with E-state index in [-0.39, 0.29) is 17.0 Å². The average molecular weight is 346 g/mol. The normalized spacial score (nSPS) is 18.1. The number of halogens is 1. The molecule has 1 aromatic carbocycles. The Bertz CT molecular complexity index is 726. The number of thioether (sulfide) groups is 1. The van der Waals surface area contributed by atoms with E-state index in [0.29, 0.717) is 24.5 Å². The molecule has 1 saturated heterocycles. The van der Waals surface area contributed by atoms with Crippen LogP contribution in [0.3, 0.4) is 0 Å². The highest BCUT2D eigenvalue weighted by molar-refractivity contribution is 7.99. The highest BCUT2D eigenvalue weighted by Gasteiger charge is 2.26. The molecule has 1 amide bonds. The summed E-state index contributed by atoms with van der Waals surface area (Å²) in [5.41, 5.74) is 1.19. The van der Waals surface area contributed by atoms with Gasteiger partial charge in [-0.05, 0) is 24.6 Å². The number of hydrogen-bond acceptors (Lipinski definition) is 4. The molecule has 0 bridgehead atoms. The molecule has 0 N–H and O–H groups in total. The van der Waals surface area contributed by atoms with Crippen molar-refractivity contribution in [3.05, 3.63) is 59.5 Å². The van der Waals surface area contributed by atoms with Crippen LogP contribution in [0.15, 0.2) is 42.6 Å². The number of rotatable bonds is 3. The van der Waals surface area contributed by atoms with Crippen LogP contribution in [0, 0.1) is 5.82 Å². The number of carbonyl (C=O) groups is 1. The number of carbonyl (C=O) groups excluding carboxylic acids is 1. The third kappa shape index (κ3) is 3.53. The summed E-state index contributed by atoms with van der Waals surface area (Å²) in [5, 5.41) is 0.0693. The molecule has 126 valence electrons. The number of pyridine rings is 1. The number of ether oxygens (including phenoxy) is 1. The van der Waals surface area contributed by atoms with Gasteiger partial charge >= 0.3 is 0 Å². The first-order valence-electron chi connectivity index (χ1n) is 7.85. The van der Waals surface area contributed by atoms with Gasteiger partial charge in [-0.15, -0.1) is 0 Å². The van der Waals surface area contributed by atoms with Crippen molar-refractivity contribution in [3.63, 3.8) is 0 Å². The Balaban J connectivity index is 1.74. The molecule has 3 rings (SSSR count). The summed E-state index contributed by atoms with van der Waals surface area (Å²) >= 11 is 1.70. The van der Waals surface area contributed by atoms with Gasteiger partial charge in [-0.25, -0.2) is 9.37 Å². The Labute approximate surface area is 145 Å². The highest BCUT2D eigenvalue weighted by atomic mass is 32.2. The van der Waals surface area contributed by atoms with Gasteiger partial charge in [-0.2, -0.15) is 11.8 Å². The minimum absolute atomic E-state index is 0.0693. The van der Waals surface area contributed by atoms with Gasteiger partial charge < -0.3 is 9.64 Å². The SMILES string of the molecule is COc1ncccc1C(=O)N1CCS[C@@H](c2ccccc2F)CC1. The Hall–Kier alpha value is -2.08. The maximum absolute atomic E-state index is 14.0. The summed E-state index contributed by atoms with van der Waals surface area (Å²) in [7, 11) is 1.51. The van der Waals surface area contributed by atoms with E-state index >= 15 is 0 Å². The molecule has 1 atom stereocenters. The van der Waals surface area contributed by atoms with Gasteiger partial charge in [0.15, 0.2) is 0 Å². The molecule has 24 heavy (non-hydrogen) atoms. The second-order valence-electron chi connectivity index (χ2n) is 5.52. The molecule has 0 saturated carbocycles. The molecule has 0 unspecified atom stereocenters. The quantitative estimate of drug-likeness (QED) is 0.852. The van der Waals surface area contributed by atoms with Crippen LogP contribution in [-0.4, -0.2) is 41.7 Å². The lowest BCUT2D eigenvalue weighted by molar-refractivity contribution is 0.0762. The predicted octanol–water partition coefficient (Wildman–Crippen LogP) is 3.55. The maximum Gasteiger partial charge on any atom is 0.259 e. The van der Waals surface area contributed by atoms with Crippen LogP contribution in [0.5, 0.6) is 5.88 Å². The number of methoxy groups -OCH3 is 1. The first-order chi connectivity index (χ1) is 11.7. The first-order valence-corrected chi connectivity index (χ1v) is 8.90. The Morgan fingerprint density at radius 2 is 2.12 bits per heavy atom. The van der Waals surface area contributed by atoms with E-state index in [0.717, 1.165) is 17.7 Å². The van der Waals surface area contributed by atoms with E-state index in [1.807, 2.05) is 12.1 Å². The van der Waals surface area contributed by atoms with Crippen LogP contribution in [0.1, 0.15) is 27.6 Å². The maximum atomic E-state index is 14.0.